The first kappa shape index (κ1) is 17.2. The van der Waals surface area contributed by atoms with E-state index in [1.807, 2.05) is 48.5 Å². The van der Waals surface area contributed by atoms with Gasteiger partial charge in [0, 0.05) is 23.4 Å². The van der Waals surface area contributed by atoms with Gasteiger partial charge in [0.1, 0.15) is 11.6 Å². The summed E-state index contributed by atoms with van der Waals surface area (Å²) in [5, 5.41) is 22.4. The monoisotopic (exact) mass is 367 g/mol. The fourth-order valence-electron chi connectivity index (χ4n) is 3.17. The molecule has 0 unspecified atom stereocenters. The highest BCUT2D eigenvalue weighted by Gasteiger charge is 2.14. The van der Waals surface area contributed by atoms with Gasteiger partial charge in [0.05, 0.1) is 4.92 Å². The maximum absolute atomic E-state index is 12.5. The Labute approximate surface area is 159 Å². The van der Waals surface area contributed by atoms with E-state index < -0.39 is 10.5 Å². The summed E-state index contributed by atoms with van der Waals surface area (Å²) in [4.78, 5) is 25.6. The van der Waals surface area contributed by atoms with Crippen molar-refractivity contribution in [3.8, 4) is 28.5 Å². The second-order valence-corrected chi connectivity index (χ2v) is 6.28. The first-order chi connectivity index (χ1) is 13.6. The predicted molar refractivity (Wildman–Crippen MR) is 107 cm³/mol. The van der Waals surface area contributed by atoms with E-state index in [9.17, 15) is 20.2 Å². The van der Waals surface area contributed by atoms with Gasteiger partial charge in [0.15, 0.2) is 0 Å². The molecule has 0 spiro atoms. The molecule has 0 aliphatic heterocycles. The van der Waals surface area contributed by atoms with Crippen molar-refractivity contribution >= 4 is 16.5 Å². The molecule has 1 heterocycles. The first-order valence-electron chi connectivity index (χ1n) is 8.48. The molecule has 0 amide bonds. The van der Waals surface area contributed by atoms with Crippen LogP contribution in [0.15, 0.2) is 77.6 Å². The van der Waals surface area contributed by atoms with E-state index >= 15 is 0 Å². The average Bonchev–Trinajstić information content (AvgIpc) is 2.73. The molecule has 6 heteroatoms. The number of pyridine rings is 1. The zero-order valence-corrected chi connectivity index (χ0v) is 14.5. The molecular weight excluding hydrogens is 354 g/mol. The number of non-ortho nitro benzene ring substituents is 1. The number of aromatic amines is 1. The van der Waals surface area contributed by atoms with Crippen LogP contribution in [0.5, 0.6) is 0 Å². The van der Waals surface area contributed by atoms with Crippen LogP contribution < -0.4 is 5.56 Å². The molecule has 0 fully saturated rings. The maximum atomic E-state index is 12.5. The van der Waals surface area contributed by atoms with E-state index in [2.05, 4.69) is 4.98 Å². The molecule has 0 saturated carbocycles. The molecule has 4 aromatic rings. The lowest BCUT2D eigenvalue weighted by Crippen LogP contribution is -2.12. The number of benzene rings is 3. The van der Waals surface area contributed by atoms with Crippen LogP contribution in [0.25, 0.3) is 33.2 Å². The molecule has 6 nitrogen and oxygen atoms in total. The third kappa shape index (κ3) is 3.02. The minimum absolute atomic E-state index is 0.0293. The zero-order valence-electron chi connectivity index (χ0n) is 14.5. The van der Waals surface area contributed by atoms with Gasteiger partial charge in [-0.25, -0.2) is 0 Å². The van der Waals surface area contributed by atoms with Crippen LogP contribution in [-0.2, 0) is 0 Å². The molecule has 1 aromatic heterocycles. The number of fused-ring (bicyclic) bond motifs is 1. The Morgan fingerprint density at radius 3 is 2.25 bits per heavy atom. The van der Waals surface area contributed by atoms with E-state index in [-0.39, 0.29) is 11.3 Å². The molecule has 0 aliphatic carbocycles. The maximum Gasteiger partial charge on any atom is 0.269 e. The van der Waals surface area contributed by atoms with Crippen molar-refractivity contribution in [3.05, 3.63) is 98.8 Å². The predicted octanol–water partition coefficient (Wildman–Crippen LogP) is 4.64. The van der Waals surface area contributed by atoms with Gasteiger partial charge in [-0.15, -0.1) is 0 Å². The number of hydrogen-bond donors (Lipinski definition) is 1. The van der Waals surface area contributed by atoms with Crippen molar-refractivity contribution in [1.29, 1.82) is 5.26 Å². The number of rotatable bonds is 3. The van der Waals surface area contributed by atoms with Crippen LogP contribution in [0.2, 0.25) is 0 Å². The summed E-state index contributed by atoms with van der Waals surface area (Å²) in [5.74, 6) is 0. The van der Waals surface area contributed by atoms with E-state index in [4.69, 9.17) is 0 Å². The summed E-state index contributed by atoms with van der Waals surface area (Å²) in [6, 6.07) is 23.2. The SMILES string of the molecule is N#Cc1c(-c2ccc([N+](=O)[O-])cc2)cc(-c2ccc3ccccc3c2)[nH]c1=O. The minimum Gasteiger partial charge on any atom is -0.321 e. The number of nitro benzene ring substituents is 1. The van der Waals surface area contributed by atoms with Crippen molar-refractivity contribution < 1.29 is 4.92 Å². The van der Waals surface area contributed by atoms with Crippen LogP contribution in [0.1, 0.15) is 5.56 Å². The lowest BCUT2D eigenvalue weighted by molar-refractivity contribution is -0.384. The van der Waals surface area contributed by atoms with Crippen molar-refractivity contribution in [1.82, 2.24) is 4.98 Å². The summed E-state index contributed by atoms with van der Waals surface area (Å²) < 4.78 is 0. The lowest BCUT2D eigenvalue weighted by Gasteiger charge is -2.09. The van der Waals surface area contributed by atoms with Crippen LogP contribution in [0, 0.1) is 21.4 Å². The number of nitrogens with one attached hydrogen (secondary N) is 1. The molecule has 0 bridgehead atoms. The highest BCUT2D eigenvalue weighted by atomic mass is 16.6. The Kier molecular flexibility index (Phi) is 4.18. The van der Waals surface area contributed by atoms with Crippen LogP contribution in [-0.4, -0.2) is 9.91 Å². The Morgan fingerprint density at radius 2 is 1.57 bits per heavy atom. The van der Waals surface area contributed by atoms with Crippen molar-refractivity contribution in [2.24, 2.45) is 0 Å². The standard InChI is InChI=1S/C22H13N3O3/c23-13-20-19(15-7-9-18(10-8-15)25(27)28)12-21(24-22(20)26)17-6-5-14-3-1-2-4-16(14)11-17/h1-12H,(H,24,26). The third-order valence-electron chi connectivity index (χ3n) is 4.59. The topological polar surface area (TPSA) is 99.8 Å². The number of nitro groups is 1. The number of H-pyrrole nitrogens is 1. The molecular formula is C22H13N3O3. The summed E-state index contributed by atoms with van der Waals surface area (Å²) >= 11 is 0. The van der Waals surface area contributed by atoms with E-state index in [0.717, 1.165) is 16.3 Å². The molecule has 4 rings (SSSR count). The van der Waals surface area contributed by atoms with E-state index in [1.165, 1.54) is 24.3 Å². The molecule has 134 valence electrons. The summed E-state index contributed by atoms with van der Waals surface area (Å²) in [6.45, 7) is 0. The second-order valence-electron chi connectivity index (χ2n) is 6.28. The zero-order chi connectivity index (χ0) is 19.7. The third-order valence-corrected chi connectivity index (χ3v) is 4.59. The summed E-state index contributed by atoms with van der Waals surface area (Å²) in [6.07, 6.45) is 0. The highest BCUT2D eigenvalue weighted by molar-refractivity contribution is 5.87. The fraction of sp³-hybridized carbons (Fsp3) is 0. The largest absolute Gasteiger partial charge is 0.321 e. The average molecular weight is 367 g/mol. The van der Waals surface area contributed by atoms with Gasteiger partial charge in [-0.3, -0.25) is 14.9 Å². The Bertz CT molecular complexity index is 1320. The van der Waals surface area contributed by atoms with Crippen molar-refractivity contribution in [3.63, 3.8) is 0 Å². The number of nitrogens with zero attached hydrogens (tertiary/aromatic N) is 2. The molecule has 3 aromatic carbocycles. The Balaban J connectivity index is 1.89. The smallest absolute Gasteiger partial charge is 0.269 e. The van der Waals surface area contributed by atoms with Gasteiger partial charge >= 0.3 is 0 Å². The molecule has 0 atom stereocenters. The van der Waals surface area contributed by atoms with Crippen molar-refractivity contribution in [2.75, 3.05) is 0 Å². The second kappa shape index (κ2) is 6.82. The Hall–Kier alpha value is -4.24. The summed E-state index contributed by atoms with van der Waals surface area (Å²) in [5.41, 5.74) is 1.80. The Morgan fingerprint density at radius 1 is 0.893 bits per heavy atom. The van der Waals surface area contributed by atoms with Crippen LogP contribution >= 0.6 is 0 Å². The highest BCUT2D eigenvalue weighted by Crippen LogP contribution is 2.29. The molecule has 0 aliphatic rings. The lowest BCUT2D eigenvalue weighted by atomic mass is 9.98. The number of aromatic nitrogens is 1. The first-order valence-corrected chi connectivity index (χ1v) is 8.48. The molecule has 1 N–H and O–H groups in total. The fourth-order valence-corrected chi connectivity index (χ4v) is 3.17. The van der Waals surface area contributed by atoms with Gasteiger partial charge in [-0.05, 0) is 46.2 Å². The van der Waals surface area contributed by atoms with Gasteiger partial charge in [0.2, 0.25) is 0 Å². The normalized spacial score (nSPS) is 10.5. The van der Waals surface area contributed by atoms with E-state index in [1.54, 1.807) is 6.07 Å². The van der Waals surface area contributed by atoms with Gasteiger partial charge < -0.3 is 4.98 Å². The van der Waals surface area contributed by atoms with Crippen LogP contribution in [0.4, 0.5) is 5.69 Å². The van der Waals surface area contributed by atoms with E-state index in [0.29, 0.717) is 16.8 Å². The van der Waals surface area contributed by atoms with Crippen molar-refractivity contribution in [2.45, 2.75) is 0 Å². The molecule has 28 heavy (non-hydrogen) atoms. The number of nitriles is 1. The summed E-state index contributed by atoms with van der Waals surface area (Å²) in [7, 11) is 0. The number of hydrogen-bond acceptors (Lipinski definition) is 4. The quantitative estimate of drug-likeness (QED) is 0.421. The van der Waals surface area contributed by atoms with Gasteiger partial charge in [0.25, 0.3) is 11.2 Å². The van der Waals surface area contributed by atoms with Crippen LogP contribution in [0.3, 0.4) is 0 Å². The molecule has 0 radical (unpaired) electrons. The molecule has 0 saturated heterocycles. The van der Waals surface area contributed by atoms with Gasteiger partial charge in [-0.2, -0.15) is 5.26 Å². The minimum atomic E-state index is -0.499. The van der Waals surface area contributed by atoms with Gasteiger partial charge in [-0.1, -0.05) is 36.4 Å².